The highest BCUT2D eigenvalue weighted by Gasteiger charge is 2.10. The molecule has 17 heavy (non-hydrogen) atoms. The standard InChI is InChI=1S/C15H16O2/c1-3-10-17-14-9-5-7-12-6-4-8-13(11(2)16)15(12)14/h4-9H,3,10H2,1-2H3. The van der Waals surface area contributed by atoms with Crippen LogP contribution in [0.2, 0.25) is 0 Å². The minimum atomic E-state index is 0.0724. The fraction of sp³-hybridized carbons (Fsp3) is 0.267. The summed E-state index contributed by atoms with van der Waals surface area (Å²) in [6.07, 6.45) is 0.957. The molecule has 2 rings (SSSR count). The molecule has 2 nitrogen and oxygen atoms in total. The average molecular weight is 228 g/mol. The molecule has 0 N–H and O–H groups in total. The van der Waals surface area contributed by atoms with Gasteiger partial charge in [0.1, 0.15) is 5.75 Å². The molecule has 0 spiro atoms. The van der Waals surface area contributed by atoms with E-state index < -0.39 is 0 Å². The van der Waals surface area contributed by atoms with E-state index in [0.717, 1.165) is 28.5 Å². The molecule has 0 aliphatic rings. The fourth-order valence-electron chi connectivity index (χ4n) is 1.93. The first-order chi connectivity index (χ1) is 8.24. The maximum absolute atomic E-state index is 11.6. The van der Waals surface area contributed by atoms with Crippen molar-refractivity contribution >= 4 is 16.6 Å². The van der Waals surface area contributed by atoms with Crippen molar-refractivity contribution in [3.8, 4) is 5.75 Å². The second-order valence-corrected chi connectivity index (χ2v) is 4.06. The van der Waals surface area contributed by atoms with Gasteiger partial charge in [-0.2, -0.15) is 0 Å². The maximum Gasteiger partial charge on any atom is 0.160 e. The third-order valence-corrected chi connectivity index (χ3v) is 2.71. The Morgan fingerprint density at radius 1 is 1.18 bits per heavy atom. The van der Waals surface area contributed by atoms with Crippen molar-refractivity contribution in [2.24, 2.45) is 0 Å². The molecule has 0 saturated heterocycles. The minimum Gasteiger partial charge on any atom is -0.493 e. The number of hydrogen-bond acceptors (Lipinski definition) is 2. The first-order valence-corrected chi connectivity index (χ1v) is 5.89. The summed E-state index contributed by atoms with van der Waals surface area (Å²) in [5.74, 6) is 0.873. The molecule has 0 bridgehead atoms. The predicted molar refractivity (Wildman–Crippen MR) is 69.7 cm³/mol. The number of ether oxygens (including phenoxy) is 1. The normalized spacial score (nSPS) is 10.5. The number of rotatable bonds is 4. The van der Waals surface area contributed by atoms with Crippen LogP contribution in [0.15, 0.2) is 36.4 Å². The Labute approximate surface area is 101 Å². The van der Waals surface area contributed by atoms with Crippen LogP contribution >= 0.6 is 0 Å². The highest BCUT2D eigenvalue weighted by atomic mass is 16.5. The third kappa shape index (κ3) is 2.31. The van der Waals surface area contributed by atoms with Crippen LogP contribution in [0.25, 0.3) is 10.8 Å². The van der Waals surface area contributed by atoms with Gasteiger partial charge in [0, 0.05) is 10.9 Å². The van der Waals surface area contributed by atoms with Crippen molar-refractivity contribution in [2.75, 3.05) is 6.61 Å². The van der Waals surface area contributed by atoms with Crippen LogP contribution in [0, 0.1) is 0 Å². The summed E-state index contributed by atoms with van der Waals surface area (Å²) >= 11 is 0. The molecule has 0 unspecified atom stereocenters. The monoisotopic (exact) mass is 228 g/mol. The molecule has 0 fully saturated rings. The van der Waals surface area contributed by atoms with Gasteiger partial charge in [0.2, 0.25) is 0 Å². The zero-order valence-electron chi connectivity index (χ0n) is 10.2. The Kier molecular flexibility index (Phi) is 3.43. The number of Topliss-reactive ketones (excluding diaryl/α,β-unsaturated/α-hetero) is 1. The molecule has 2 heteroatoms. The van der Waals surface area contributed by atoms with Gasteiger partial charge in [-0.15, -0.1) is 0 Å². The van der Waals surface area contributed by atoms with E-state index in [0.29, 0.717) is 6.61 Å². The molecule has 2 aromatic rings. The van der Waals surface area contributed by atoms with Gasteiger partial charge in [-0.25, -0.2) is 0 Å². The molecule has 0 aromatic heterocycles. The SMILES string of the molecule is CCCOc1cccc2cccc(C(C)=O)c12. The van der Waals surface area contributed by atoms with Gasteiger partial charge in [-0.05, 0) is 24.8 Å². The Morgan fingerprint density at radius 2 is 1.88 bits per heavy atom. The Bertz CT molecular complexity index is 538. The molecule has 0 atom stereocenters. The average Bonchev–Trinajstić information content (AvgIpc) is 2.35. The first-order valence-electron chi connectivity index (χ1n) is 5.89. The van der Waals surface area contributed by atoms with Crippen molar-refractivity contribution in [1.82, 2.24) is 0 Å². The molecule has 2 aromatic carbocycles. The molecule has 0 saturated carbocycles. The maximum atomic E-state index is 11.6. The van der Waals surface area contributed by atoms with Crippen molar-refractivity contribution in [3.05, 3.63) is 42.0 Å². The van der Waals surface area contributed by atoms with Crippen LogP contribution in [0.3, 0.4) is 0 Å². The highest BCUT2D eigenvalue weighted by Crippen LogP contribution is 2.29. The largest absolute Gasteiger partial charge is 0.493 e. The number of fused-ring (bicyclic) bond motifs is 1. The number of carbonyl (C=O) groups excluding carboxylic acids is 1. The summed E-state index contributed by atoms with van der Waals surface area (Å²) in [6, 6.07) is 11.6. The molecule has 0 radical (unpaired) electrons. The number of carbonyl (C=O) groups is 1. The minimum absolute atomic E-state index is 0.0724. The summed E-state index contributed by atoms with van der Waals surface area (Å²) in [5, 5.41) is 1.97. The molecular formula is C15H16O2. The van der Waals surface area contributed by atoms with E-state index in [1.807, 2.05) is 36.4 Å². The second kappa shape index (κ2) is 5.00. The van der Waals surface area contributed by atoms with Crippen molar-refractivity contribution in [1.29, 1.82) is 0 Å². The van der Waals surface area contributed by atoms with E-state index >= 15 is 0 Å². The topological polar surface area (TPSA) is 26.3 Å². The lowest BCUT2D eigenvalue weighted by Gasteiger charge is -2.10. The van der Waals surface area contributed by atoms with E-state index in [9.17, 15) is 4.79 Å². The van der Waals surface area contributed by atoms with Gasteiger partial charge in [0.05, 0.1) is 6.61 Å². The first kappa shape index (κ1) is 11.6. The van der Waals surface area contributed by atoms with E-state index in [1.54, 1.807) is 6.92 Å². The predicted octanol–water partition coefficient (Wildman–Crippen LogP) is 3.83. The molecule has 0 heterocycles. The summed E-state index contributed by atoms with van der Waals surface area (Å²) in [5.41, 5.74) is 0.731. The number of ketones is 1. The van der Waals surface area contributed by atoms with E-state index in [1.165, 1.54) is 0 Å². The summed E-state index contributed by atoms with van der Waals surface area (Å²) < 4.78 is 5.71. The number of benzene rings is 2. The molecule has 0 aliphatic carbocycles. The Hall–Kier alpha value is -1.83. The van der Waals surface area contributed by atoms with Crippen LogP contribution in [0.4, 0.5) is 0 Å². The van der Waals surface area contributed by atoms with Crippen LogP contribution in [-0.4, -0.2) is 12.4 Å². The van der Waals surface area contributed by atoms with Crippen molar-refractivity contribution in [3.63, 3.8) is 0 Å². The smallest absolute Gasteiger partial charge is 0.160 e. The van der Waals surface area contributed by atoms with Gasteiger partial charge in [-0.1, -0.05) is 37.3 Å². The van der Waals surface area contributed by atoms with Gasteiger partial charge in [-0.3, -0.25) is 4.79 Å². The van der Waals surface area contributed by atoms with Crippen molar-refractivity contribution in [2.45, 2.75) is 20.3 Å². The number of hydrogen-bond donors (Lipinski definition) is 0. The lowest BCUT2D eigenvalue weighted by atomic mass is 10.0. The highest BCUT2D eigenvalue weighted by molar-refractivity contribution is 6.09. The third-order valence-electron chi connectivity index (χ3n) is 2.71. The van der Waals surface area contributed by atoms with Crippen LogP contribution in [-0.2, 0) is 0 Å². The fourth-order valence-corrected chi connectivity index (χ4v) is 1.93. The van der Waals surface area contributed by atoms with E-state index in [-0.39, 0.29) is 5.78 Å². The zero-order valence-corrected chi connectivity index (χ0v) is 10.2. The molecule has 0 amide bonds. The summed E-state index contributed by atoms with van der Waals surface area (Å²) in [7, 11) is 0. The van der Waals surface area contributed by atoms with Crippen LogP contribution < -0.4 is 4.74 Å². The lowest BCUT2D eigenvalue weighted by molar-refractivity contribution is 0.101. The lowest BCUT2D eigenvalue weighted by Crippen LogP contribution is -1.99. The van der Waals surface area contributed by atoms with Crippen LogP contribution in [0.1, 0.15) is 30.6 Å². The van der Waals surface area contributed by atoms with E-state index in [2.05, 4.69) is 6.92 Å². The van der Waals surface area contributed by atoms with Crippen LogP contribution in [0.5, 0.6) is 5.75 Å². The van der Waals surface area contributed by atoms with E-state index in [4.69, 9.17) is 4.74 Å². The van der Waals surface area contributed by atoms with Crippen molar-refractivity contribution < 1.29 is 9.53 Å². The summed E-state index contributed by atoms with van der Waals surface area (Å²) in [6.45, 7) is 4.33. The Morgan fingerprint density at radius 3 is 2.53 bits per heavy atom. The van der Waals surface area contributed by atoms with Gasteiger partial charge in [0.25, 0.3) is 0 Å². The second-order valence-electron chi connectivity index (χ2n) is 4.06. The molecular weight excluding hydrogens is 212 g/mol. The van der Waals surface area contributed by atoms with Gasteiger partial charge in [0.15, 0.2) is 5.78 Å². The quantitative estimate of drug-likeness (QED) is 0.743. The zero-order chi connectivity index (χ0) is 12.3. The van der Waals surface area contributed by atoms with Gasteiger partial charge < -0.3 is 4.74 Å². The molecule has 0 aliphatic heterocycles. The van der Waals surface area contributed by atoms with Gasteiger partial charge >= 0.3 is 0 Å². The molecule has 88 valence electrons. The summed E-state index contributed by atoms with van der Waals surface area (Å²) in [4.78, 5) is 11.6. The Balaban J connectivity index is 2.62.